The molecule has 7 heteroatoms. The first-order chi connectivity index (χ1) is 13.7. The lowest BCUT2D eigenvalue weighted by atomic mass is 10.1. The highest BCUT2D eigenvalue weighted by atomic mass is 16.2. The second-order valence-corrected chi connectivity index (χ2v) is 7.39. The van der Waals surface area contributed by atoms with Gasteiger partial charge in [0.05, 0.1) is 5.69 Å². The van der Waals surface area contributed by atoms with Crippen LogP contribution in [0.3, 0.4) is 0 Å². The number of nitrogens with zero attached hydrogens (tertiary/aromatic N) is 4. The Morgan fingerprint density at radius 3 is 2.50 bits per heavy atom. The van der Waals surface area contributed by atoms with Gasteiger partial charge in [-0.1, -0.05) is 25.1 Å². The number of imidazole rings is 1. The summed E-state index contributed by atoms with van der Waals surface area (Å²) < 4.78 is 1.97. The van der Waals surface area contributed by atoms with Crippen molar-refractivity contribution in [2.75, 3.05) is 38.0 Å². The minimum Gasteiger partial charge on any atom is -0.333 e. The monoisotopic (exact) mass is 381 g/mol. The fraction of sp³-hybridized carbons (Fsp3) is 0.476. The summed E-state index contributed by atoms with van der Waals surface area (Å²) in [4.78, 5) is 34.8. The predicted molar refractivity (Wildman–Crippen MR) is 108 cm³/mol. The molecular weight excluding hydrogens is 354 g/mol. The zero-order valence-electron chi connectivity index (χ0n) is 16.4. The molecule has 1 fully saturated rings. The zero-order chi connectivity index (χ0) is 19.5. The van der Waals surface area contributed by atoms with Gasteiger partial charge < -0.3 is 19.7 Å². The molecule has 2 aliphatic heterocycles. The van der Waals surface area contributed by atoms with Crippen LogP contribution in [0.25, 0.3) is 0 Å². The van der Waals surface area contributed by atoms with Crippen LogP contribution in [-0.4, -0.2) is 63.9 Å². The third kappa shape index (κ3) is 3.67. The smallest absolute Gasteiger partial charge is 0.289 e. The third-order valence-corrected chi connectivity index (χ3v) is 5.66. The molecule has 1 aromatic heterocycles. The summed E-state index contributed by atoms with van der Waals surface area (Å²) in [6, 6.07) is 9.36. The highest BCUT2D eigenvalue weighted by Crippen LogP contribution is 2.23. The maximum Gasteiger partial charge on any atom is 0.289 e. The average molecular weight is 381 g/mol. The molecule has 28 heavy (non-hydrogen) atoms. The summed E-state index contributed by atoms with van der Waals surface area (Å²) in [5, 5.41) is 2.91. The Balaban J connectivity index is 1.58. The van der Waals surface area contributed by atoms with Crippen LogP contribution in [0.4, 0.5) is 5.69 Å². The molecule has 4 rings (SSSR count). The largest absolute Gasteiger partial charge is 0.333 e. The van der Waals surface area contributed by atoms with E-state index in [-0.39, 0.29) is 11.8 Å². The van der Waals surface area contributed by atoms with Crippen molar-refractivity contribution >= 4 is 17.5 Å². The molecule has 2 aromatic rings. The number of rotatable bonds is 4. The molecule has 7 nitrogen and oxygen atoms in total. The molecule has 0 spiro atoms. The van der Waals surface area contributed by atoms with Crippen molar-refractivity contribution in [1.29, 1.82) is 0 Å². The quantitative estimate of drug-likeness (QED) is 0.882. The minimum atomic E-state index is -0.244. The van der Waals surface area contributed by atoms with E-state index in [1.165, 1.54) is 0 Å². The normalized spacial score (nSPS) is 17.2. The number of hydrogen-bond acceptors (Lipinski definition) is 4. The first kappa shape index (κ1) is 18.7. The minimum absolute atomic E-state index is 0.0577. The molecule has 3 heterocycles. The van der Waals surface area contributed by atoms with E-state index >= 15 is 0 Å². The van der Waals surface area contributed by atoms with E-state index in [0.29, 0.717) is 24.6 Å². The fourth-order valence-corrected chi connectivity index (χ4v) is 4.01. The summed E-state index contributed by atoms with van der Waals surface area (Å²) in [7, 11) is 0. The Labute approximate surface area is 165 Å². The van der Waals surface area contributed by atoms with Gasteiger partial charge in [-0.05, 0) is 37.9 Å². The lowest BCUT2D eigenvalue weighted by Gasteiger charge is -2.34. The summed E-state index contributed by atoms with van der Waals surface area (Å²) in [6.07, 6.45) is 2.80. The fourth-order valence-electron chi connectivity index (χ4n) is 4.01. The highest BCUT2D eigenvalue weighted by Gasteiger charge is 2.31. The molecule has 0 atom stereocenters. The van der Waals surface area contributed by atoms with Gasteiger partial charge >= 0.3 is 0 Å². The van der Waals surface area contributed by atoms with Gasteiger partial charge in [0.25, 0.3) is 11.8 Å². The van der Waals surface area contributed by atoms with Crippen LogP contribution in [0.15, 0.2) is 30.3 Å². The van der Waals surface area contributed by atoms with Crippen molar-refractivity contribution in [3.05, 3.63) is 47.5 Å². The molecule has 2 amide bonds. The van der Waals surface area contributed by atoms with E-state index < -0.39 is 0 Å². The van der Waals surface area contributed by atoms with E-state index in [1.54, 1.807) is 0 Å². The lowest BCUT2D eigenvalue weighted by molar-refractivity contribution is 0.0625. The Morgan fingerprint density at radius 1 is 1.04 bits per heavy atom. The van der Waals surface area contributed by atoms with Crippen molar-refractivity contribution in [2.24, 2.45) is 0 Å². The van der Waals surface area contributed by atoms with Gasteiger partial charge in [0, 0.05) is 38.4 Å². The van der Waals surface area contributed by atoms with Crippen LogP contribution in [0, 0.1) is 0 Å². The molecule has 2 aliphatic rings. The average Bonchev–Trinajstić information content (AvgIpc) is 3.14. The number of aromatic nitrogens is 2. The first-order valence-electron chi connectivity index (χ1n) is 10.1. The van der Waals surface area contributed by atoms with Gasteiger partial charge in [0.15, 0.2) is 11.5 Å². The van der Waals surface area contributed by atoms with Gasteiger partial charge in [-0.15, -0.1) is 0 Å². The molecule has 0 aliphatic carbocycles. The second kappa shape index (κ2) is 8.14. The standard InChI is InChI=1S/C21H27N5O2/c1-2-24-12-14-25(15-13-24)21(28)19-23-18(17-10-6-7-11-26(17)19)20(27)22-16-8-4-3-5-9-16/h3-5,8-9H,2,6-7,10-15H2,1H3,(H,22,27). The topological polar surface area (TPSA) is 70.5 Å². The Kier molecular flexibility index (Phi) is 5.43. The third-order valence-electron chi connectivity index (χ3n) is 5.66. The molecule has 148 valence electrons. The first-order valence-corrected chi connectivity index (χ1v) is 10.1. The summed E-state index contributed by atoms with van der Waals surface area (Å²) in [5.41, 5.74) is 2.00. The number of benzene rings is 1. The summed E-state index contributed by atoms with van der Waals surface area (Å²) in [5.74, 6) is 0.113. The molecule has 0 bridgehead atoms. The SMILES string of the molecule is CCN1CCN(C(=O)c2nc(C(=O)Nc3ccccc3)c3n2CCCC3)CC1. The number of hydrogen-bond donors (Lipinski definition) is 1. The number of carbonyl (C=O) groups excluding carboxylic acids is 2. The van der Waals surface area contributed by atoms with Crippen LogP contribution in [0.1, 0.15) is 46.6 Å². The van der Waals surface area contributed by atoms with Crippen molar-refractivity contribution < 1.29 is 9.59 Å². The lowest BCUT2D eigenvalue weighted by Crippen LogP contribution is -2.49. The van der Waals surface area contributed by atoms with E-state index in [2.05, 4.69) is 22.1 Å². The van der Waals surface area contributed by atoms with Crippen LogP contribution in [-0.2, 0) is 13.0 Å². The van der Waals surface area contributed by atoms with E-state index in [1.807, 2.05) is 39.8 Å². The molecular formula is C21H27N5O2. The van der Waals surface area contributed by atoms with Gasteiger partial charge in [-0.2, -0.15) is 0 Å². The number of para-hydroxylation sites is 1. The van der Waals surface area contributed by atoms with Crippen LogP contribution in [0.5, 0.6) is 0 Å². The van der Waals surface area contributed by atoms with Crippen molar-refractivity contribution in [3.8, 4) is 0 Å². The molecule has 0 saturated carbocycles. The molecule has 1 aromatic carbocycles. The maximum atomic E-state index is 13.2. The van der Waals surface area contributed by atoms with Gasteiger partial charge in [-0.25, -0.2) is 4.98 Å². The summed E-state index contributed by atoms with van der Waals surface area (Å²) >= 11 is 0. The van der Waals surface area contributed by atoms with Crippen molar-refractivity contribution in [3.63, 3.8) is 0 Å². The molecule has 1 N–H and O–H groups in total. The zero-order valence-corrected chi connectivity index (χ0v) is 16.4. The van der Waals surface area contributed by atoms with Crippen molar-refractivity contribution in [2.45, 2.75) is 32.7 Å². The Hall–Kier alpha value is -2.67. The van der Waals surface area contributed by atoms with Crippen molar-refractivity contribution in [1.82, 2.24) is 19.4 Å². The van der Waals surface area contributed by atoms with Gasteiger partial charge in [0.2, 0.25) is 0 Å². The number of nitrogens with one attached hydrogen (secondary N) is 1. The second-order valence-electron chi connectivity index (χ2n) is 7.39. The molecule has 1 saturated heterocycles. The predicted octanol–water partition coefficient (Wildman–Crippen LogP) is 2.25. The van der Waals surface area contributed by atoms with Gasteiger partial charge in [0.1, 0.15) is 0 Å². The van der Waals surface area contributed by atoms with Gasteiger partial charge in [-0.3, -0.25) is 9.59 Å². The number of piperazine rings is 1. The number of anilines is 1. The van der Waals surface area contributed by atoms with Crippen LogP contribution in [0.2, 0.25) is 0 Å². The maximum absolute atomic E-state index is 13.2. The number of likely N-dealkylation sites (N-methyl/N-ethyl adjacent to an activating group) is 1. The van der Waals surface area contributed by atoms with Crippen LogP contribution >= 0.6 is 0 Å². The van der Waals surface area contributed by atoms with E-state index in [0.717, 1.165) is 56.8 Å². The molecule has 0 unspecified atom stereocenters. The Bertz CT molecular complexity index is 853. The number of fused-ring (bicyclic) bond motifs is 1. The number of carbonyl (C=O) groups is 2. The number of amides is 2. The van der Waals surface area contributed by atoms with E-state index in [4.69, 9.17) is 0 Å². The van der Waals surface area contributed by atoms with E-state index in [9.17, 15) is 9.59 Å². The Morgan fingerprint density at radius 2 is 1.79 bits per heavy atom. The summed E-state index contributed by atoms with van der Waals surface area (Å²) in [6.45, 7) is 7.08. The molecule has 0 radical (unpaired) electrons. The van der Waals surface area contributed by atoms with Crippen LogP contribution < -0.4 is 5.32 Å². The highest BCUT2D eigenvalue weighted by molar-refractivity contribution is 6.05.